The van der Waals surface area contributed by atoms with Gasteiger partial charge in [0.2, 0.25) is 11.8 Å². The third-order valence-corrected chi connectivity index (χ3v) is 5.02. The molecule has 3 aromatic rings. The van der Waals surface area contributed by atoms with Gasteiger partial charge in [0.05, 0.1) is 5.92 Å². The SMILES string of the molecule is O=C(Nc1ccc(F)cc1)C1CC(=O)N(CCc2c[nH]c3ccccc23)C1. The number of rotatable bonds is 5. The number of nitrogens with zero attached hydrogens (tertiary/aromatic N) is 1. The first kappa shape index (κ1) is 17.3. The summed E-state index contributed by atoms with van der Waals surface area (Å²) < 4.78 is 13.0. The fourth-order valence-electron chi connectivity index (χ4n) is 3.54. The first-order chi connectivity index (χ1) is 13.1. The normalized spacial score (nSPS) is 16.9. The molecule has 6 heteroatoms. The number of carbonyl (C=O) groups excluding carboxylic acids is 2. The molecule has 2 aromatic carbocycles. The summed E-state index contributed by atoms with van der Waals surface area (Å²) in [6, 6.07) is 13.7. The van der Waals surface area contributed by atoms with Gasteiger partial charge in [-0.15, -0.1) is 0 Å². The van der Waals surface area contributed by atoms with Gasteiger partial charge in [0.15, 0.2) is 0 Å². The lowest BCUT2D eigenvalue weighted by molar-refractivity contribution is -0.128. The summed E-state index contributed by atoms with van der Waals surface area (Å²) >= 11 is 0. The molecule has 1 fully saturated rings. The van der Waals surface area contributed by atoms with Crippen LogP contribution in [-0.2, 0) is 16.0 Å². The van der Waals surface area contributed by atoms with Gasteiger partial charge < -0.3 is 15.2 Å². The van der Waals surface area contributed by atoms with Crippen LogP contribution in [-0.4, -0.2) is 34.8 Å². The molecule has 0 bridgehead atoms. The van der Waals surface area contributed by atoms with Crippen LogP contribution in [0.1, 0.15) is 12.0 Å². The monoisotopic (exact) mass is 365 g/mol. The Kier molecular flexibility index (Phi) is 4.62. The Morgan fingerprint density at radius 1 is 1.19 bits per heavy atom. The molecule has 2 N–H and O–H groups in total. The molecule has 1 aliphatic rings. The van der Waals surface area contributed by atoms with Crippen molar-refractivity contribution in [3.63, 3.8) is 0 Å². The lowest BCUT2D eigenvalue weighted by atomic mass is 10.1. The summed E-state index contributed by atoms with van der Waals surface area (Å²) in [7, 11) is 0. The molecule has 1 saturated heterocycles. The van der Waals surface area contributed by atoms with E-state index >= 15 is 0 Å². The van der Waals surface area contributed by atoms with E-state index in [2.05, 4.69) is 16.4 Å². The Morgan fingerprint density at radius 3 is 2.78 bits per heavy atom. The quantitative estimate of drug-likeness (QED) is 0.728. The first-order valence-corrected chi connectivity index (χ1v) is 8.99. The molecule has 2 amide bonds. The van der Waals surface area contributed by atoms with Crippen molar-refractivity contribution in [2.75, 3.05) is 18.4 Å². The highest BCUT2D eigenvalue weighted by Crippen LogP contribution is 2.22. The van der Waals surface area contributed by atoms with Crippen molar-refractivity contribution in [2.24, 2.45) is 5.92 Å². The van der Waals surface area contributed by atoms with E-state index in [0.29, 0.717) is 18.8 Å². The minimum Gasteiger partial charge on any atom is -0.361 e. The molecular weight excluding hydrogens is 345 g/mol. The molecule has 0 saturated carbocycles. The Labute approximate surface area is 156 Å². The zero-order valence-corrected chi connectivity index (χ0v) is 14.7. The summed E-state index contributed by atoms with van der Waals surface area (Å²) in [6.45, 7) is 0.995. The van der Waals surface area contributed by atoms with Gasteiger partial charge in [-0.2, -0.15) is 0 Å². The number of hydrogen-bond donors (Lipinski definition) is 2. The van der Waals surface area contributed by atoms with Crippen LogP contribution >= 0.6 is 0 Å². The highest BCUT2D eigenvalue weighted by atomic mass is 19.1. The lowest BCUT2D eigenvalue weighted by Gasteiger charge is -2.16. The zero-order chi connectivity index (χ0) is 18.8. The van der Waals surface area contributed by atoms with E-state index in [1.165, 1.54) is 24.3 Å². The second-order valence-electron chi connectivity index (χ2n) is 6.85. The number of amides is 2. The van der Waals surface area contributed by atoms with Crippen molar-refractivity contribution in [3.05, 3.63) is 66.1 Å². The highest BCUT2D eigenvalue weighted by molar-refractivity contribution is 5.97. The number of benzene rings is 2. The summed E-state index contributed by atoms with van der Waals surface area (Å²) in [4.78, 5) is 29.7. The number of fused-ring (bicyclic) bond motifs is 1. The topological polar surface area (TPSA) is 65.2 Å². The van der Waals surface area contributed by atoms with Crippen LogP contribution < -0.4 is 5.32 Å². The van der Waals surface area contributed by atoms with E-state index in [1.807, 2.05) is 24.4 Å². The molecule has 1 unspecified atom stereocenters. The Balaban J connectivity index is 1.36. The van der Waals surface area contributed by atoms with Crippen molar-refractivity contribution < 1.29 is 14.0 Å². The number of hydrogen-bond acceptors (Lipinski definition) is 2. The number of anilines is 1. The summed E-state index contributed by atoms with van der Waals surface area (Å²) in [5, 5.41) is 3.92. The highest BCUT2D eigenvalue weighted by Gasteiger charge is 2.34. The van der Waals surface area contributed by atoms with E-state index in [1.54, 1.807) is 4.90 Å². The predicted octanol–water partition coefficient (Wildman–Crippen LogP) is 3.34. The third-order valence-electron chi connectivity index (χ3n) is 5.02. The van der Waals surface area contributed by atoms with Crippen LogP contribution in [0.4, 0.5) is 10.1 Å². The van der Waals surface area contributed by atoms with E-state index in [0.717, 1.165) is 22.9 Å². The largest absolute Gasteiger partial charge is 0.361 e. The van der Waals surface area contributed by atoms with Gasteiger partial charge in [-0.05, 0) is 42.3 Å². The van der Waals surface area contributed by atoms with E-state index in [9.17, 15) is 14.0 Å². The van der Waals surface area contributed by atoms with Gasteiger partial charge in [0.25, 0.3) is 0 Å². The minimum atomic E-state index is -0.384. The molecule has 0 radical (unpaired) electrons. The standard InChI is InChI=1S/C21H20FN3O2/c22-16-5-7-17(8-6-16)24-21(27)15-11-20(26)25(13-15)10-9-14-12-23-19-4-2-1-3-18(14)19/h1-8,12,15,23H,9-11,13H2,(H,24,27). The fourth-order valence-corrected chi connectivity index (χ4v) is 3.54. The molecule has 2 heterocycles. The third kappa shape index (κ3) is 3.69. The number of para-hydroxylation sites is 1. The molecule has 4 rings (SSSR count). The number of nitrogens with one attached hydrogen (secondary N) is 2. The molecule has 27 heavy (non-hydrogen) atoms. The summed E-state index contributed by atoms with van der Waals surface area (Å²) in [6.07, 6.45) is 2.92. The average Bonchev–Trinajstić information content (AvgIpc) is 3.25. The van der Waals surface area contributed by atoms with Gasteiger partial charge >= 0.3 is 0 Å². The molecule has 5 nitrogen and oxygen atoms in total. The maximum absolute atomic E-state index is 13.0. The predicted molar refractivity (Wildman–Crippen MR) is 102 cm³/mol. The number of likely N-dealkylation sites (tertiary alicyclic amines) is 1. The average molecular weight is 365 g/mol. The second kappa shape index (κ2) is 7.23. The number of aromatic nitrogens is 1. The Morgan fingerprint density at radius 2 is 1.96 bits per heavy atom. The molecule has 0 spiro atoms. The summed E-state index contributed by atoms with van der Waals surface area (Å²) in [5.74, 6) is -0.948. The molecular formula is C21H20FN3O2. The van der Waals surface area contributed by atoms with Crippen molar-refractivity contribution in [2.45, 2.75) is 12.8 Å². The molecule has 0 aliphatic carbocycles. The number of aromatic amines is 1. The van der Waals surface area contributed by atoms with Gasteiger partial charge in [0, 0.05) is 42.3 Å². The maximum Gasteiger partial charge on any atom is 0.229 e. The Bertz CT molecular complexity index is 981. The van der Waals surface area contributed by atoms with Crippen LogP contribution in [0.25, 0.3) is 10.9 Å². The van der Waals surface area contributed by atoms with Crippen LogP contribution in [0.2, 0.25) is 0 Å². The lowest BCUT2D eigenvalue weighted by Crippen LogP contribution is -2.30. The number of halogens is 1. The number of H-pyrrole nitrogens is 1. The van der Waals surface area contributed by atoms with Gasteiger partial charge in [-0.25, -0.2) is 4.39 Å². The van der Waals surface area contributed by atoms with Crippen LogP contribution in [0.3, 0.4) is 0 Å². The summed E-state index contributed by atoms with van der Waals surface area (Å²) in [5.41, 5.74) is 2.78. The van der Waals surface area contributed by atoms with Crippen molar-refractivity contribution in [3.8, 4) is 0 Å². The number of carbonyl (C=O) groups is 2. The van der Waals surface area contributed by atoms with E-state index in [-0.39, 0.29) is 30.0 Å². The van der Waals surface area contributed by atoms with Crippen LogP contribution in [0.5, 0.6) is 0 Å². The van der Waals surface area contributed by atoms with Gasteiger partial charge in [0.1, 0.15) is 5.82 Å². The second-order valence-corrected chi connectivity index (χ2v) is 6.85. The smallest absolute Gasteiger partial charge is 0.229 e. The minimum absolute atomic E-state index is 0.00547. The zero-order valence-electron chi connectivity index (χ0n) is 14.7. The Hall–Kier alpha value is -3.15. The van der Waals surface area contributed by atoms with Gasteiger partial charge in [-0.1, -0.05) is 18.2 Å². The van der Waals surface area contributed by atoms with Crippen LogP contribution in [0.15, 0.2) is 54.7 Å². The maximum atomic E-state index is 13.0. The van der Waals surface area contributed by atoms with Crippen molar-refractivity contribution >= 4 is 28.4 Å². The van der Waals surface area contributed by atoms with Crippen molar-refractivity contribution in [1.82, 2.24) is 9.88 Å². The molecule has 1 aromatic heterocycles. The fraction of sp³-hybridized carbons (Fsp3) is 0.238. The van der Waals surface area contributed by atoms with Crippen LogP contribution in [0, 0.1) is 11.7 Å². The van der Waals surface area contributed by atoms with E-state index < -0.39 is 0 Å². The van der Waals surface area contributed by atoms with Crippen molar-refractivity contribution in [1.29, 1.82) is 0 Å². The van der Waals surface area contributed by atoms with Gasteiger partial charge in [-0.3, -0.25) is 9.59 Å². The van der Waals surface area contributed by atoms with E-state index in [4.69, 9.17) is 0 Å². The molecule has 1 aliphatic heterocycles. The molecule has 1 atom stereocenters. The molecule has 138 valence electrons. The first-order valence-electron chi connectivity index (χ1n) is 8.99.